The van der Waals surface area contributed by atoms with Crippen molar-refractivity contribution in [2.24, 2.45) is 5.92 Å². The van der Waals surface area contributed by atoms with Crippen molar-refractivity contribution in [1.82, 2.24) is 10.5 Å². The molecule has 0 atom stereocenters. The van der Waals surface area contributed by atoms with Gasteiger partial charge in [-0.1, -0.05) is 6.07 Å². The van der Waals surface area contributed by atoms with E-state index < -0.39 is 0 Å². The van der Waals surface area contributed by atoms with E-state index in [9.17, 15) is 4.79 Å². The fourth-order valence-electron chi connectivity index (χ4n) is 1.45. The maximum atomic E-state index is 11.2. The summed E-state index contributed by atoms with van der Waals surface area (Å²) in [5.74, 6) is 0.203. The van der Waals surface area contributed by atoms with Crippen LogP contribution in [0.1, 0.15) is 24.2 Å². The molecule has 4 heteroatoms. The molecule has 86 valence electrons. The number of hydrogen-bond donors (Lipinski definition) is 1. The zero-order chi connectivity index (χ0) is 11.4. The Morgan fingerprint density at radius 3 is 3.06 bits per heavy atom. The summed E-state index contributed by atoms with van der Waals surface area (Å²) in [6.45, 7) is 2.42. The Bertz CT molecular complexity index is 375. The van der Waals surface area contributed by atoms with Crippen LogP contribution >= 0.6 is 0 Å². The standard InChI is InChI=1S/C12H16N2O2/c1-9-3-2-4-11(13-9)7-8-16-14-12(15)10-5-6-10/h2-4,10H,5-8H2,1H3,(H,14,15). The van der Waals surface area contributed by atoms with Crippen molar-refractivity contribution in [3.63, 3.8) is 0 Å². The first kappa shape index (κ1) is 11.1. The van der Waals surface area contributed by atoms with E-state index in [0.717, 1.165) is 24.2 Å². The number of rotatable bonds is 5. The first-order valence-electron chi connectivity index (χ1n) is 5.60. The van der Waals surface area contributed by atoms with Crippen molar-refractivity contribution in [2.75, 3.05) is 6.61 Å². The second kappa shape index (κ2) is 5.07. The van der Waals surface area contributed by atoms with E-state index in [0.29, 0.717) is 13.0 Å². The van der Waals surface area contributed by atoms with Gasteiger partial charge in [-0.25, -0.2) is 5.48 Å². The fraction of sp³-hybridized carbons (Fsp3) is 0.500. The molecule has 4 nitrogen and oxygen atoms in total. The average molecular weight is 220 g/mol. The van der Waals surface area contributed by atoms with Crippen molar-refractivity contribution in [1.29, 1.82) is 0 Å². The van der Waals surface area contributed by atoms with Crippen LogP contribution in [0.25, 0.3) is 0 Å². The Morgan fingerprint density at radius 1 is 1.56 bits per heavy atom. The normalized spacial score (nSPS) is 14.8. The number of aromatic nitrogens is 1. The molecule has 1 fully saturated rings. The number of pyridine rings is 1. The van der Waals surface area contributed by atoms with Gasteiger partial charge in [0, 0.05) is 23.7 Å². The second-order valence-electron chi connectivity index (χ2n) is 4.11. The molecule has 0 bridgehead atoms. The van der Waals surface area contributed by atoms with E-state index in [1.807, 2.05) is 25.1 Å². The maximum Gasteiger partial charge on any atom is 0.246 e. The molecule has 16 heavy (non-hydrogen) atoms. The minimum atomic E-state index is 0.0113. The van der Waals surface area contributed by atoms with E-state index in [4.69, 9.17) is 4.84 Å². The molecule has 0 aliphatic heterocycles. The van der Waals surface area contributed by atoms with Gasteiger partial charge >= 0.3 is 0 Å². The highest BCUT2D eigenvalue weighted by Crippen LogP contribution is 2.28. The summed E-state index contributed by atoms with van der Waals surface area (Å²) in [7, 11) is 0. The molecule has 1 heterocycles. The lowest BCUT2D eigenvalue weighted by Gasteiger charge is -2.05. The van der Waals surface area contributed by atoms with Crippen LogP contribution in [0.15, 0.2) is 18.2 Å². The lowest BCUT2D eigenvalue weighted by Crippen LogP contribution is -2.26. The summed E-state index contributed by atoms with van der Waals surface area (Å²) in [5, 5.41) is 0. The van der Waals surface area contributed by atoms with Crippen LogP contribution < -0.4 is 5.48 Å². The smallest absolute Gasteiger partial charge is 0.246 e. The largest absolute Gasteiger partial charge is 0.273 e. The molecule has 1 aromatic rings. The van der Waals surface area contributed by atoms with Gasteiger partial charge in [0.25, 0.3) is 0 Å². The number of nitrogens with one attached hydrogen (secondary N) is 1. The van der Waals surface area contributed by atoms with E-state index in [1.165, 1.54) is 0 Å². The molecule has 0 saturated heterocycles. The van der Waals surface area contributed by atoms with E-state index >= 15 is 0 Å². The number of carbonyl (C=O) groups excluding carboxylic acids is 1. The molecule has 1 aliphatic rings. The molecule has 1 aromatic heterocycles. The molecule has 1 aliphatic carbocycles. The van der Waals surface area contributed by atoms with Crippen LogP contribution in [0, 0.1) is 12.8 Å². The highest BCUT2D eigenvalue weighted by molar-refractivity contribution is 5.79. The monoisotopic (exact) mass is 220 g/mol. The third-order valence-corrected chi connectivity index (χ3v) is 2.53. The number of amides is 1. The summed E-state index contributed by atoms with van der Waals surface area (Å²) in [6.07, 6.45) is 2.70. The SMILES string of the molecule is Cc1cccc(CCONC(=O)C2CC2)n1. The third-order valence-electron chi connectivity index (χ3n) is 2.53. The molecular formula is C12H16N2O2. The first-order valence-corrected chi connectivity index (χ1v) is 5.60. The summed E-state index contributed by atoms with van der Waals surface area (Å²) >= 11 is 0. The van der Waals surface area contributed by atoms with Crippen molar-refractivity contribution in [3.05, 3.63) is 29.6 Å². The fourth-order valence-corrected chi connectivity index (χ4v) is 1.45. The summed E-state index contributed by atoms with van der Waals surface area (Å²) in [4.78, 5) is 20.7. The highest BCUT2D eigenvalue weighted by atomic mass is 16.6. The number of aryl methyl sites for hydroxylation is 1. The quantitative estimate of drug-likeness (QED) is 0.602. The molecule has 1 N–H and O–H groups in total. The van der Waals surface area contributed by atoms with Crippen molar-refractivity contribution in [3.8, 4) is 0 Å². The minimum Gasteiger partial charge on any atom is -0.273 e. The first-order chi connectivity index (χ1) is 7.75. The molecule has 1 amide bonds. The topological polar surface area (TPSA) is 51.2 Å². The van der Waals surface area contributed by atoms with Crippen LogP contribution in [0.2, 0.25) is 0 Å². The average Bonchev–Trinajstić information content (AvgIpc) is 3.08. The molecule has 0 aromatic carbocycles. The van der Waals surface area contributed by atoms with E-state index in [1.54, 1.807) is 0 Å². The van der Waals surface area contributed by atoms with Gasteiger partial charge in [0.2, 0.25) is 5.91 Å². The van der Waals surface area contributed by atoms with Gasteiger partial charge in [-0.05, 0) is 31.9 Å². The van der Waals surface area contributed by atoms with Gasteiger partial charge in [-0.2, -0.15) is 0 Å². The number of hydrogen-bond acceptors (Lipinski definition) is 3. The van der Waals surface area contributed by atoms with Crippen LogP contribution in [-0.2, 0) is 16.1 Å². The minimum absolute atomic E-state index is 0.0113. The molecule has 2 rings (SSSR count). The van der Waals surface area contributed by atoms with Crippen LogP contribution in [0.4, 0.5) is 0 Å². The third kappa shape index (κ3) is 3.31. The van der Waals surface area contributed by atoms with Gasteiger partial charge in [0.15, 0.2) is 0 Å². The molecular weight excluding hydrogens is 204 g/mol. The predicted molar refractivity (Wildman–Crippen MR) is 59.5 cm³/mol. The van der Waals surface area contributed by atoms with Crippen molar-refractivity contribution in [2.45, 2.75) is 26.2 Å². The Kier molecular flexibility index (Phi) is 3.51. The van der Waals surface area contributed by atoms with Crippen LogP contribution in [-0.4, -0.2) is 17.5 Å². The molecule has 0 spiro atoms. The number of carbonyl (C=O) groups is 1. The Hall–Kier alpha value is -1.42. The molecule has 0 radical (unpaired) electrons. The van der Waals surface area contributed by atoms with Crippen LogP contribution in [0.3, 0.4) is 0 Å². The van der Waals surface area contributed by atoms with Gasteiger partial charge in [-0.3, -0.25) is 14.6 Å². The lowest BCUT2D eigenvalue weighted by atomic mass is 10.2. The highest BCUT2D eigenvalue weighted by Gasteiger charge is 2.29. The van der Waals surface area contributed by atoms with E-state index in [2.05, 4.69) is 10.5 Å². The van der Waals surface area contributed by atoms with E-state index in [-0.39, 0.29) is 11.8 Å². The Balaban J connectivity index is 1.65. The zero-order valence-electron chi connectivity index (χ0n) is 9.40. The van der Waals surface area contributed by atoms with Gasteiger partial charge in [0.05, 0.1) is 6.61 Å². The van der Waals surface area contributed by atoms with Gasteiger partial charge in [-0.15, -0.1) is 0 Å². The second-order valence-corrected chi connectivity index (χ2v) is 4.11. The van der Waals surface area contributed by atoms with Crippen molar-refractivity contribution >= 4 is 5.91 Å². The van der Waals surface area contributed by atoms with Crippen molar-refractivity contribution < 1.29 is 9.63 Å². The molecule has 1 saturated carbocycles. The maximum absolute atomic E-state index is 11.2. The summed E-state index contributed by atoms with van der Waals surface area (Å²) < 4.78 is 0. The number of nitrogens with zero attached hydrogens (tertiary/aromatic N) is 1. The Labute approximate surface area is 95.0 Å². The Morgan fingerprint density at radius 2 is 2.38 bits per heavy atom. The number of hydroxylamine groups is 1. The zero-order valence-corrected chi connectivity index (χ0v) is 9.40. The van der Waals surface area contributed by atoms with Gasteiger partial charge < -0.3 is 0 Å². The van der Waals surface area contributed by atoms with Crippen LogP contribution in [0.5, 0.6) is 0 Å². The molecule has 0 unspecified atom stereocenters. The summed E-state index contributed by atoms with van der Waals surface area (Å²) in [6, 6.07) is 5.89. The summed E-state index contributed by atoms with van der Waals surface area (Å²) in [5.41, 5.74) is 4.45. The van der Waals surface area contributed by atoms with Gasteiger partial charge in [0.1, 0.15) is 0 Å². The predicted octanol–water partition coefficient (Wildman–Crippen LogP) is 1.39. The lowest BCUT2D eigenvalue weighted by molar-refractivity contribution is -0.134.